The Morgan fingerprint density at radius 3 is 3.00 bits per heavy atom. The molecule has 1 unspecified atom stereocenters. The van der Waals surface area contributed by atoms with E-state index in [9.17, 15) is 0 Å². The molecule has 4 rings (SSSR count). The molecule has 0 radical (unpaired) electrons. The molecule has 0 bridgehead atoms. The average molecular weight is 305 g/mol. The number of nitrogens with zero attached hydrogens (tertiary/aromatic N) is 4. The molecule has 0 spiro atoms. The molecule has 2 aliphatic rings. The molecule has 2 fully saturated rings. The number of fused-ring (bicyclic) bond motifs is 1. The number of anilines is 1. The van der Waals surface area contributed by atoms with Crippen LogP contribution in [0.4, 0.5) is 5.82 Å². The summed E-state index contributed by atoms with van der Waals surface area (Å²) in [6.07, 6.45) is 6.17. The molecule has 1 N–H and O–H groups in total. The van der Waals surface area contributed by atoms with E-state index < -0.39 is 0 Å². The Balaban J connectivity index is 1.58. The molecule has 6 heteroatoms. The van der Waals surface area contributed by atoms with Crippen molar-refractivity contribution < 1.29 is 0 Å². The third-order valence-corrected chi connectivity index (χ3v) is 5.56. The van der Waals surface area contributed by atoms with Crippen LogP contribution >= 0.6 is 11.3 Å². The smallest absolute Gasteiger partial charge is 0.195 e. The average Bonchev–Trinajstić information content (AvgIpc) is 3.25. The van der Waals surface area contributed by atoms with Crippen molar-refractivity contribution in [2.45, 2.75) is 31.8 Å². The molecule has 4 heterocycles. The summed E-state index contributed by atoms with van der Waals surface area (Å²) in [4.78, 5) is 11.2. The van der Waals surface area contributed by atoms with Gasteiger partial charge in [-0.1, -0.05) is 0 Å². The number of hydrogen-bond acceptors (Lipinski definition) is 5. The normalized spacial score (nSPS) is 23.7. The lowest BCUT2D eigenvalue weighted by molar-refractivity contribution is 0.260. The Morgan fingerprint density at radius 1 is 1.33 bits per heavy atom. The molecule has 2 aromatic rings. The second-order valence-corrected chi connectivity index (χ2v) is 6.97. The standard InChI is InChI=1S/C15H23N5S/c1-16-10-13-14(17-15-20(13)8-9-21-15)19-7-4-12(11-19)18-5-2-3-6-18/h8-9,12,16H,2-7,10-11H2,1H3. The molecule has 0 amide bonds. The molecule has 0 saturated carbocycles. The molecule has 2 aromatic heterocycles. The first-order chi connectivity index (χ1) is 10.4. The second kappa shape index (κ2) is 5.59. The molecule has 114 valence electrons. The summed E-state index contributed by atoms with van der Waals surface area (Å²) in [5.74, 6) is 1.19. The lowest BCUT2D eigenvalue weighted by Crippen LogP contribution is -2.35. The number of rotatable bonds is 4. The van der Waals surface area contributed by atoms with Gasteiger partial charge in [0.15, 0.2) is 10.8 Å². The highest BCUT2D eigenvalue weighted by molar-refractivity contribution is 7.15. The van der Waals surface area contributed by atoms with E-state index in [-0.39, 0.29) is 0 Å². The summed E-state index contributed by atoms with van der Waals surface area (Å²) in [5, 5.41) is 5.40. The van der Waals surface area contributed by atoms with E-state index in [1.165, 1.54) is 43.9 Å². The van der Waals surface area contributed by atoms with Gasteiger partial charge in [-0.15, -0.1) is 11.3 Å². The summed E-state index contributed by atoms with van der Waals surface area (Å²) in [6.45, 7) is 5.74. The number of nitrogens with one attached hydrogen (secondary N) is 1. The highest BCUT2D eigenvalue weighted by Crippen LogP contribution is 2.29. The van der Waals surface area contributed by atoms with E-state index in [0.29, 0.717) is 0 Å². The van der Waals surface area contributed by atoms with Crippen LogP contribution < -0.4 is 10.2 Å². The third kappa shape index (κ3) is 2.35. The van der Waals surface area contributed by atoms with Crippen LogP contribution in [0, 0.1) is 0 Å². The number of thiazole rings is 1. The molecule has 0 aliphatic carbocycles. The van der Waals surface area contributed by atoms with Gasteiger partial charge in [0, 0.05) is 37.3 Å². The van der Waals surface area contributed by atoms with Gasteiger partial charge in [-0.05, 0) is 39.4 Å². The van der Waals surface area contributed by atoms with Gasteiger partial charge in [0.2, 0.25) is 0 Å². The number of likely N-dealkylation sites (tertiary alicyclic amines) is 1. The first-order valence-electron chi connectivity index (χ1n) is 7.95. The van der Waals surface area contributed by atoms with E-state index in [1.807, 2.05) is 7.05 Å². The molecular weight excluding hydrogens is 282 g/mol. The van der Waals surface area contributed by atoms with Crippen LogP contribution in [-0.2, 0) is 6.54 Å². The molecule has 5 nitrogen and oxygen atoms in total. The van der Waals surface area contributed by atoms with Crippen molar-refractivity contribution >= 4 is 22.1 Å². The largest absolute Gasteiger partial charge is 0.353 e. The van der Waals surface area contributed by atoms with Crippen LogP contribution in [0.5, 0.6) is 0 Å². The molecule has 2 aliphatic heterocycles. The highest BCUT2D eigenvalue weighted by Gasteiger charge is 2.31. The first-order valence-corrected chi connectivity index (χ1v) is 8.83. The fourth-order valence-corrected chi connectivity index (χ4v) is 4.47. The predicted octanol–water partition coefficient (Wildman–Crippen LogP) is 1.79. The maximum absolute atomic E-state index is 4.88. The van der Waals surface area contributed by atoms with Gasteiger partial charge in [-0.25, -0.2) is 4.98 Å². The second-order valence-electron chi connectivity index (χ2n) is 6.10. The minimum absolute atomic E-state index is 0.731. The summed E-state index contributed by atoms with van der Waals surface area (Å²) >= 11 is 1.72. The number of aromatic nitrogens is 2. The topological polar surface area (TPSA) is 35.8 Å². The van der Waals surface area contributed by atoms with Crippen molar-refractivity contribution in [3.8, 4) is 0 Å². The lowest BCUT2D eigenvalue weighted by Gasteiger charge is -2.24. The third-order valence-electron chi connectivity index (χ3n) is 4.80. The monoisotopic (exact) mass is 305 g/mol. The van der Waals surface area contributed by atoms with E-state index in [1.54, 1.807) is 11.3 Å². The van der Waals surface area contributed by atoms with Gasteiger partial charge in [0.05, 0.1) is 5.69 Å². The van der Waals surface area contributed by atoms with Crippen LogP contribution in [0.1, 0.15) is 25.0 Å². The van der Waals surface area contributed by atoms with Gasteiger partial charge in [-0.3, -0.25) is 9.30 Å². The van der Waals surface area contributed by atoms with Crippen molar-refractivity contribution in [1.29, 1.82) is 0 Å². The maximum Gasteiger partial charge on any atom is 0.195 e. The van der Waals surface area contributed by atoms with Gasteiger partial charge in [0.25, 0.3) is 0 Å². The summed E-state index contributed by atoms with van der Waals surface area (Å²) in [7, 11) is 2.01. The Hall–Kier alpha value is -1.11. The maximum atomic E-state index is 4.88. The van der Waals surface area contributed by atoms with E-state index in [2.05, 4.69) is 31.1 Å². The summed E-state index contributed by atoms with van der Waals surface area (Å²) in [5.41, 5.74) is 1.30. The SMILES string of the molecule is CNCc1c(N2CCC(N3CCCC3)C2)nc2sccn12. The zero-order chi connectivity index (χ0) is 14.2. The Kier molecular flexibility index (Phi) is 3.61. The minimum atomic E-state index is 0.731. The molecule has 21 heavy (non-hydrogen) atoms. The van der Waals surface area contributed by atoms with Crippen LogP contribution in [0.2, 0.25) is 0 Å². The Morgan fingerprint density at radius 2 is 2.19 bits per heavy atom. The van der Waals surface area contributed by atoms with Crippen molar-refractivity contribution in [3.63, 3.8) is 0 Å². The van der Waals surface area contributed by atoms with Crippen LogP contribution in [0.3, 0.4) is 0 Å². The minimum Gasteiger partial charge on any atom is -0.353 e. The molecule has 1 atom stereocenters. The van der Waals surface area contributed by atoms with Crippen molar-refractivity contribution in [3.05, 3.63) is 17.3 Å². The fraction of sp³-hybridized carbons (Fsp3) is 0.667. The van der Waals surface area contributed by atoms with Crippen molar-refractivity contribution in [2.24, 2.45) is 0 Å². The lowest BCUT2D eigenvalue weighted by atomic mass is 10.2. The number of hydrogen-bond donors (Lipinski definition) is 1. The number of imidazole rings is 1. The van der Waals surface area contributed by atoms with Crippen molar-refractivity contribution in [1.82, 2.24) is 19.6 Å². The fourth-order valence-electron chi connectivity index (χ4n) is 3.75. The van der Waals surface area contributed by atoms with E-state index >= 15 is 0 Å². The summed E-state index contributed by atoms with van der Waals surface area (Å²) < 4.78 is 2.24. The van der Waals surface area contributed by atoms with Crippen LogP contribution in [-0.4, -0.2) is 53.6 Å². The predicted molar refractivity (Wildman–Crippen MR) is 87.3 cm³/mol. The van der Waals surface area contributed by atoms with Gasteiger partial charge >= 0.3 is 0 Å². The Bertz CT molecular complexity index is 613. The van der Waals surface area contributed by atoms with Gasteiger partial charge in [0.1, 0.15) is 0 Å². The summed E-state index contributed by atoms with van der Waals surface area (Å²) in [6, 6.07) is 0.731. The Labute approximate surface area is 129 Å². The van der Waals surface area contributed by atoms with Gasteiger partial charge < -0.3 is 10.2 Å². The zero-order valence-electron chi connectivity index (χ0n) is 12.6. The zero-order valence-corrected chi connectivity index (χ0v) is 13.4. The quantitative estimate of drug-likeness (QED) is 0.934. The van der Waals surface area contributed by atoms with Crippen LogP contribution in [0.15, 0.2) is 11.6 Å². The van der Waals surface area contributed by atoms with E-state index in [0.717, 1.165) is 30.6 Å². The molecule has 2 saturated heterocycles. The van der Waals surface area contributed by atoms with Crippen molar-refractivity contribution in [2.75, 3.05) is 38.1 Å². The molecule has 0 aromatic carbocycles. The van der Waals surface area contributed by atoms with E-state index in [4.69, 9.17) is 4.98 Å². The molecular formula is C15H23N5S. The first kappa shape index (κ1) is 13.5. The highest BCUT2D eigenvalue weighted by atomic mass is 32.1. The van der Waals surface area contributed by atoms with Gasteiger partial charge in [-0.2, -0.15) is 0 Å². The van der Waals surface area contributed by atoms with Crippen LogP contribution in [0.25, 0.3) is 4.96 Å².